The third-order valence-electron chi connectivity index (χ3n) is 1.55. The minimum absolute atomic E-state index is 0.0764. The molecule has 0 heterocycles. The van der Waals surface area contributed by atoms with Crippen molar-refractivity contribution < 1.29 is 13.9 Å². The molecule has 0 aliphatic heterocycles. The van der Waals surface area contributed by atoms with Gasteiger partial charge in [-0.05, 0) is 13.0 Å². The number of halogens is 2. The van der Waals surface area contributed by atoms with E-state index in [4.69, 9.17) is 10.8 Å². The monoisotopic (exact) mass is 173 g/mol. The molecular formula is C8H9F2NO. The SMILES string of the molecule is CC(N)c1cc(F)cc(F)c1O. The molecule has 3 N–H and O–H groups in total. The summed E-state index contributed by atoms with van der Waals surface area (Å²) in [7, 11) is 0. The van der Waals surface area contributed by atoms with Gasteiger partial charge in [-0.2, -0.15) is 0 Å². The fraction of sp³-hybridized carbons (Fsp3) is 0.250. The number of phenols is 1. The summed E-state index contributed by atoms with van der Waals surface area (Å²) in [4.78, 5) is 0. The van der Waals surface area contributed by atoms with Crippen LogP contribution in [-0.4, -0.2) is 5.11 Å². The highest BCUT2D eigenvalue weighted by molar-refractivity contribution is 5.36. The van der Waals surface area contributed by atoms with Gasteiger partial charge in [0.2, 0.25) is 0 Å². The standard InChI is InChI=1S/C8H9F2NO/c1-4(11)6-2-5(9)3-7(10)8(6)12/h2-4,12H,11H2,1H3. The molecule has 0 aromatic heterocycles. The maximum Gasteiger partial charge on any atom is 0.168 e. The van der Waals surface area contributed by atoms with Crippen molar-refractivity contribution in [2.45, 2.75) is 13.0 Å². The third kappa shape index (κ3) is 1.53. The van der Waals surface area contributed by atoms with Gasteiger partial charge in [-0.1, -0.05) is 0 Å². The van der Waals surface area contributed by atoms with Crippen molar-refractivity contribution in [2.24, 2.45) is 5.73 Å². The van der Waals surface area contributed by atoms with Crippen LogP contribution in [0.2, 0.25) is 0 Å². The quantitative estimate of drug-likeness (QED) is 0.678. The molecule has 1 aromatic carbocycles. The lowest BCUT2D eigenvalue weighted by Gasteiger charge is -2.08. The number of rotatable bonds is 1. The average molecular weight is 173 g/mol. The molecule has 0 bridgehead atoms. The second kappa shape index (κ2) is 3.06. The predicted molar refractivity (Wildman–Crippen MR) is 40.6 cm³/mol. The van der Waals surface area contributed by atoms with Gasteiger partial charge in [0.05, 0.1) is 0 Å². The molecule has 0 amide bonds. The Labute approximate surface area is 68.6 Å². The van der Waals surface area contributed by atoms with Crippen LogP contribution in [0.4, 0.5) is 8.78 Å². The van der Waals surface area contributed by atoms with E-state index in [1.807, 2.05) is 0 Å². The van der Waals surface area contributed by atoms with Crippen LogP contribution in [0.1, 0.15) is 18.5 Å². The zero-order valence-electron chi connectivity index (χ0n) is 6.51. The summed E-state index contributed by atoms with van der Waals surface area (Å²) in [6, 6.07) is 1.04. The van der Waals surface area contributed by atoms with E-state index in [0.29, 0.717) is 6.07 Å². The fourth-order valence-electron chi connectivity index (χ4n) is 0.933. The first kappa shape index (κ1) is 8.93. The molecule has 0 saturated heterocycles. The van der Waals surface area contributed by atoms with Crippen molar-refractivity contribution in [3.8, 4) is 5.75 Å². The highest BCUT2D eigenvalue weighted by atomic mass is 19.1. The third-order valence-corrected chi connectivity index (χ3v) is 1.55. The maximum absolute atomic E-state index is 12.7. The van der Waals surface area contributed by atoms with Crippen LogP contribution in [0.3, 0.4) is 0 Å². The van der Waals surface area contributed by atoms with E-state index in [-0.39, 0.29) is 5.56 Å². The van der Waals surface area contributed by atoms with Gasteiger partial charge in [0, 0.05) is 17.7 Å². The molecule has 1 unspecified atom stereocenters. The molecule has 0 aliphatic carbocycles. The van der Waals surface area contributed by atoms with E-state index in [2.05, 4.69) is 0 Å². The Morgan fingerprint density at radius 3 is 2.50 bits per heavy atom. The van der Waals surface area contributed by atoms with Crippen molar-refractivity contribution in [2.75, 3.05) is 0 Å². The number of nitrogens with two attached hydrogens (primary N) is 1. The average Bonchev–Trinajstić information content (AvgIpc) is 1.96. The van der Waals surface area contributed by atoms with Crippen molar-refractivity contribution in [1.29, 1.82) is 0 Å². The lowest BCUT2D eigenvalue weighted by molar-refractivity contribution is 0.417. The Morgan fingerprint density at radius 1 is 1.42 bits per heavy atom. The van der Waals surface area contributed by atoms with Crippen LogP contribution in [0.25, 0.3) is 0 Å². The van der Waals surface area contributed by atoms with Crippen molar-refractivity contribution in [3.05, 3.63) is 29.3 Å². The molecule has 1 rings (SSSR count). The number of hydrogen-bond donors (Lipinski definition) is 2. The Balaban J connectivity index is 3.28. The van der Waals surface area contributed by atoms with Crippen LogP contribution in [0, 0.1) is 11.6 Å². The lowest BCUT2D eigenvalue weighted by Crippen LogP contribution is -2.06. The van der Waals surface area contributed by atoms with Gasteiger partial charge in [-0.25, -0.2) is 8.78 Å². The Hall–Kier alpha value is -1.16. The van der Waals surface area contributed by atoms with Gasteiger partial charge < -0.3 is 10.8 Å². The maximum atomic E-state index is 12.7. The largest absolute Gasteiger partial charge is 0.505 e. The van der Waals surface area contributed by atoms with Gasteiger partial charge in [-0.15, -0.1) is 0 Å². The molecule has 0 fully saturated rings. The molecule has 0 radical (unpaired) electrons. The number of benzene rings is 1. The number of phenolic OH excluding ortho intramolecular Hbond substituents is 1. The highest BCUT2D eigenvalue weighted by Crippen LogP contribution is 2.26. The summed E-state index contributed by atoms with van der Waals surface area (Å²) in [6.45, 7) is 1.54. The van der Waals surface area contributed by atoms with Crippen molar-refractivity contribution in [3.63, 3.8) is 0 Å². The number of hydrogen-bond acceptors (Lipinski definition) is 2. The topological polar surface area (TPSA) is 46.2 Å². The van der Waals surface area contributed by atoms with Crippen molar-refractivity contribution in [1.82, 2.24) is 0 Å². The summed E-state index contributed by atoms with van der Waals surface area (Å²) < 4.78 is 25.2. The van der Waals surface area contributed by atoms with E-state index in [0.717, 1.165) is 6.07 Å². The van der Waals surface area contributed by atoms with Crippen molar-refractivity contribution >= 4 is 0 Å². The Bertz CT molecular complexity index is 299. The molecular weight excluding hydrogens is 164 g/mol. The first-order chi connectivity index (χ1) is 5.52. The van der Waals surface area contributed by atoms with Crippen LogP contribution in [0.5, 0.6) is 5.75 Å². The molecule has 0 aliphatic rings. The number of aromatic hydroxyl groups is 1. The van der Waals surface area contributed by atoms with Gasteiger partial charge in [0.15, 0.2) is 11.6 Å². The minimum Gasteiger partial charge on any atom is -0.505 e. The lowest BCUT2D eigenvalue weighted by atomic mass is 10.1. The van der Waals surface area contributed by atoms with Gasteiger partial charge >= 0.3 is 0 Å². The van der Waals surface area contributed by atoms with E-state index in [1.165, 1.54) is 6.92 Å². The van der Waals surface area contributed by atoms with Gasteiger partial charge in [0.25, 0.3) is 0 Å². The van der Waals surface area contributed by atoms with Crippen LogP contribution in [0.15, 0.2) is 12.1 Å². The van der Waals surface area contributed by atoms with Crippen LogP contribution < -0.4 is 5.73 Å². The second-order valence-corrected chi connectivity index (χ2v) is 2.61. The van der Waals surface area contributed by atoms with Crippen LogP contribution >= 0.6 is 0 Å². The second-order valence-electron chi connectivity index (χ2n) is 2.61. The Kier molecular flexibility index (Phi) is 2.28. The Morgan fingerprint density at radius 2 is 2.00 bits per heavy atom. The molecule has 1 aromatic rings. The van der Waals surface area contributed by atoms with E-state index < -0.39 is 23.4 Å². The van der Waals surface area contributed by atoms with E-state index in [1.54, 1.807) is 0 Å². The zero-order chi connectivity index (χ0) is 9.30. The summed E-state index contributed by atoms with van der Waals surface area (Å²) in [5, 5.41) is 9.07. The summed E-state index contributed by atoms with van der Waals surface area (Å²) in [6.07, 6.45) is 0. The molecule has 2 nitrogen and oxygen atoms in total. The highest BCUT2D eigenvalue weighted by Gasteiger charge is 2.12. The first-order valence-corrected chi connectivity index (χ1v) is 3.46. The predicted octanol–water partition coefficient (Wildman–Crippen LogP) is 1.69. The smallest absolute Gasteiger partial charge is 0.168 e. The minimum atomic E-state index is -0.984. The molecule has 12 heavy (non-hydrogen) atoms. The molecule has 1 atom stereocenters. The molecule has 0 spiro atoms. The zero-order valence-corrected chi connectivity index (χ0v) is 6.51. The van der Waals surface area contributed by atoms with E-state index in [9.17, 15) is 8.78 Å². The first-order valence-electron chi connectivity index (χ1n) is 3.46. The summed E-state index contributed by atoms with van der Waals surface area (Å²) in [5.74, 6) is -2.30. The van der Waals surface area contributed by atoms with Gasteiger partial charge in [0.1, 0.15) is 5.82 Å². The fourth-order valence-corrected chi connectivity index (χ4v) is 0.933. The molecule has 66 valence electrons. The van der Waals surface area contributed by atoms with E-state index >= 15 is 0 Å². The van der Waals surface area contributed by atoms with Crippen LogP contribution in [-0.2, 0) is 0 Å². The molecule has 4 heteroatoms. The summed E-state index contributed by atoms with van der Waals surface area (Å²) in [5.41, 5.74) is 5.44. The normalized spacial score (nSPS) is 13.0. The molecule has 0 saturated carbocycles. The summed E-state index contributed by atoms with van der Waals surface area (Å²) >= 11 is 0. The van der Waals surface area contributed by atoms with Gasteiger partial charge in [-0.3, -0.25) is 0 Å².